The molecule has 0 saturated heterocycles. The Hall–Kier alpha value is -1.38. The molecule has 0 saturated carbocycles. The van der Waals surface area contributed by atoms with E-state index in [0.29, 0.717) is 0 Å². The van der Waals surface area contributed by atoms with Crippen LogP contribution in [0.4, 0.5) is 0 Å². The van der Waals surface area contributed by atoms with Crippen LogP contribution in [0, 0.1) is 5.92 Å². The van der Waals surface area contributed by atoms with Gasteiger partial charge in [0, 0.05) is 11.5 Å². The summed E-state index contributed by atoms with van der Waals surface area (Å²) in [7, 11) is 0. The lowest BCUT2D eigenvalue weighted by molar-refractivity contribution is 0.647. The molecule has 0 bridgehead atoms. The molecule has 0 radical (unpaired) electrons. The van der Waals surface area contributed by atoms with E-state index in [1.807, 2.05) is 12.2 Å². The molecule has 1 atom stereocenters. The molecule has 0 aromatic heterocycles. The Morgan fingerprint density at radius 3 is 2.08 bits per heavy atom. The van der Waals surface area contributed by atoms with E-state index in [1.54, 1.807) is 0 Å². The highest BCUT2D eigenvalue weighted by molar-refractivity contribution is 7.99. The highest BCUT2D eigenvalue weighted by atomic mass is 32.2. The molecule has 2 rings (SSSR count). The minimum Gasteiger partial charge on any atom is -0.157 e. The van der Waals surface area contributed by atoms with Crippen LogP contribution in [-0.4, -0.2) is 11.5 Å². The third-order valence-electron chi connectivity index (χ3n) is 4.22. The van der Waals surface area contributed by atoms with Crippen LogP contribution in [0.15, 0.2) is 61.7 Å². The molecule has 0 nitrogen and oxygen atoms in total. The first-order valence-electron chi connectivity index (χ1n) is 8.83. The number of hydrogen-bond donors (Lipinski definition) is 0. The van der Waals surface area contributed by atoms with Gasteiger partial charge in [-0.2, -0.15) is 23.5 Å². The van der Waals surface area contributed by atoms with Crippen molar-refractivity contribution in [2.45, 2.75) is 24.9 Å². The van der Waals surface area contributed by atoms with Gasteiger partial charge in [-0.3, -0.25) is 0 Å². The second kappa shape index (κ2) is 11.3. The van der Waals surface area contributed by atoms with Crippen molar-refractivity contribution in [2.75, 3.05) is 11.5 Å². The van der Waals surface area contributed by atoms with Crippen LogP contribution in [0.3, 0.4) is 0 Å². The van der Waals surface area contributed by atoms with Gasteiger partial charge in [-0.25, -0.2) is 0 Å². The quantitative estimate of drug-likeness (QED) is 0.412. The minimum atomic E-state index is 0.782. The van der Waals surface area contributed by atoms with Gasteiger partial charge in [-0.15, -0.1) is 0 Å². The second-order valence-corrected chi connectivity index (χ2v) is 8.26. The third-order valence-corrected chi connectivity index (χ3v) is 6.71. The first-order chi connectivity index (χ1) is 12.2. The monoisotopic (exact) mass is 368 g/mol. The van der Waals surface area contributed by atoms with Crippen LogP contribution in [0.2, 0.25) is 0 Å². The summed E-state index contributed by atoms with van der Waals surface area (Å²) in [5.41, 5.74) is 5.20. The summed E-state index contributed by atoms with van der Waals surface area (Å²) in [6, 6.07) is 17.4. The Balaban J connectivity index is 1.70. The SMILES string of the molecule is C=Cc1ccc(CSCC(CC)CSCc2cccc(C=C)c2)cc1. The molecule has 0 aliphatic heterocycles. The maximum Gasteiger partial charge on any atom is 0.0184 e. The molecule has 0 amide bonds. The molecule has 25 heavy (non-hydrogen) atoms. The molecule has 0 spiro atoms. The lowest BCUT2D eigenvalue weighted by Crippen LogP contribution is -2.06. The molecule has 0 fully saturated rings. The van der Waals surface area contributed by atoms with Crippen molar-refractivity contribution in [3.05, 3.63) is 83.9 Å². The van der Waals surface area contributed by atoms with Gasteiger partial charge < -0.3 is 0 Å². The normalized spacial score (nSPS) is 11.9. The topological polar surface area (TPSA) is 0 Å². The zero-order valence-electron chi connectivity index (χ0n) is 15.1. The molecule has 0 aliphatic carbocycles. The summed E-state index contributed by atoms with van der Waals surface area (Å²) in [5.74, 6) is 5.44. The van der Waals surface area contributed by atoms with Gasteiger partial charge in [0.2, 0.25) is 0 Å². The molecular formula is C23H28S2. The smallest absolute Gasteiger partial charge is 0.0184 e. The van der Waals surface area contributed by atoms with Gasteiger partial charge >= 0.3 is 0 Å². The van der Waals surface area contributed by atoms with E-state index in [1.165, 1.54) is 40.2 Å². The maximum atomic E-state index is 3.85. The van der Waals surface area contributed by atoms with Crippen LogP contribution in [0.5, 0.6) is 0 Å². The van der Waals surface area contributed by atoms with E-state index in [9.17, 15) is 0 Å². The number of benzene rings is 2. The maximum absolute atomic E-state index is 3.85. The van der Waals surface area contributed by atoms with Crippen molar-refractivity contribution in [1.29, 1.82) is 0 Å². The van der Waals surface area contributed by atoms with Crippen molar-refractivity contribution in [3.8, 4) is 0 Å². The molecule has 0 N–H and O–H groups in total. The van der Waals surface area contributed by atoms with Gasteiger partial charge in [-0.05, 0) is 39.7 Å². The molecule has 2 heteroatoms. The van der Waals surface area contributed by atoms with E-state index in [-0.39, 0.29) is 0 Å². The highest BCUT2D eigenvalue weighted by Gasteiger charge is 2.07. The first kappa shape index (κ1) is 19.9. The van der Waals surface area contributed by atoms with E-state index in [2.05, 4.69) is 92.1 Å². The summed E-state index contributed by atoms with van der Waals surface area (Å²) >= 11 is 4.10. The second-order valence-electron chi connectivity index (χ2n) is 6.20. The summed E-state index contributed by atoms with van der Waals surface area (Å²) < 4.78 is 0. The van der Waals surface area contributed by atoms with E-state index < -0.39 is 0 Å². The largest absolute Gasteiger partial charge is 0.157 e. The Labute approximate surface area is 161 Å². The van der Waals surface area contributed by atoms with Crippen LogP contribution in [0.25, 0.3) is 12.2 Å². The van der Waals surface area contributed by atoms with E-state index in [4.69, 9.17) is 0 Å². The first-order valence-corrected chi connectivity index (χ1v) is 11.1. The summed E-state index contributed by atoms with van der Waals surface area (Å²) in [6.07, 6.45) is 5.06. The van der Waals surface area contributed by atoms with Crippen molar-refractivity contribution in [3.63, 3.8) is 0 Å². The number of hydrogen-bond acceptors (Lipinski definition) is 2. The molecule has 1 unspecified atom stereocenters. The van der Waals surface area contributed by atoms with Crippen molar-refractivity contribution in [2.24, 2.45) is 5.92 Å². The van der Waals surface area contributed by atoms with E-state index in [0.717, 1.165) is 17.4 Å². The minimum absolute atomic E-state index is 0.782. The van der Waals surface area contributed by atoms with Crippen LogP contribution < -0.4 is 0 Å². The van der Waals surface area contributed by atoms with Gasteiger partial charge in [0.25, 0.3) is 0 Å². The predicted octanol–water partition coefficient (Wildman–Crippen LogP) is 7.17. The van der Waals surface area contributed by atoms with Gasteiger partial charge in [0.15, 0.2) is 0 Å². The van der Waals surface area contributed by atoms with E-state index >= 15 is 0 Å². The molecule has 2 aromatic rings. The summed E-state index contributed by atoms with van der Waals surface area (Å²) in [4.78, 5) is 0. The number of rotatable bonds is 11. The fourth-order valence-corrected chi connectivity index (χ4v) is 5.13. The van der Waals surface area contributed by atoms with Crippen molar-refractivity contribution < 1.29 is 0 Å². The van der Waals surface area contributed by atoms with Crippen LogP contribution in [0.1, 0.15) is 35.6 Å². The Morgan fingerprint density at radius 2 is 1.48 bits per heavy atom. The van der Waals surface area contributed by atoms with Crippen molar-refractivity contribution >= 4 is 35.7 Å². The lowest BCUT2D eigenvalue weighted by Gasteiger charge is -2.14. The molecular weight excluding hydrogens is 340 g/mol. The van der Waals surface area contributed by atoms with Crippen LogP contribution in [-0.2, 0) is 11.5 Å². The third kappa shape index (κ3) is 7.17. The van der Waals surface area contributed by atoms with Gasteiger partial charge in [0.1, 0.15) is 0 Å². The average molecular weight is 369 g/mol. The Morgan fingerprint density at radius 1 is 0.840 bits per heavy atom. The van der Waals surface area contributed by atoms with Gasteiger partial charge in [0.05, 0.1) is 0 Å². The lowest BCUT2D eigenvalue weighted by atomic mass is 10.1. The Bertz CT molecular complexity index is 658. The predicted molar refractivity (Wildman–Crippen MR) is 119 cm³/mol. The van der Waals surface area contributed by atoms with Gasteiger partial charge in [-0.1, -0.05) is 87.2 Å². The van der Waals surface area contributed by atoms with Crippen LogP contribution >= 0.6 is 23.5 Å². The average Bonchev–Trinajstić information content (AvgIpc) is 2.67. The number of thioether (sulfide) groups is 2. The van der Waals surface area contributed by atoms with Crippen molar-refractivity contribution in [1.82, 2.24) is 0 Å². The molecule has 132 valence electrons. The molecule has 0 heterocycles. The summed E-state index contributed by atoms with van der Waals surface area (Å²) in [6.45, 7) is 9.96. The summed E-state index contributed by atoms with van der Waals surface area (Å²) in [5, 5.41) is 0. The Kier molecular flexibility index (Phi) is 8.99. The zero-order chi connectivity index (χ0) is 17.9. The fraction of sp³-hybridized carbons (Fsp3) is 0.304. The molecule has 2 aromatic carbocycles. The standard InChI is InChI=1S/C23H28S2/c1-4-19-10-12-22(13-11-19)17-24-15-21(6-3)16-25-18-23-9-7-8-20(5-2)14-23/h4-5,7-14,21H,1-2,6,15-18H2,3H3. The fourth-order valence-electron chi connectivity index (χ4n) is 2.53. The molecule has 0 aliphatic rings. The zero-order valence-corrected chi connectivity index (χ0v) is 16.8. The highest BCUT2D eigenvalue weighted by Crippen LogP contribution is 2.23.